The summed E-state index contributed by atoms with van der Waals surface area (Å²) in [6.07, 6.45) is 0. The van der Waals surface area contributed by atoms with Crippen LogP contribution in [0.25, 0.3) is 0 Å². The highest BCUT2D eigenvalue weighted by molar-refractivity contribution is 6.30. The second-order valence-corrected chi connectivity index (χ2v) is 7.45. The van der Waals surface area contributed by atoms with Crippen molar-refractivity contribution in [3.05, 3.63) is 46.1 Å². The fourth-order valence-electron chi connectivity index (χ4n) is 3.57. The molecule has 1 fully saturated rings. The molecular formula is C20H25ClN4O5. The molecule has 9 nitrogen and oxygen atoms in total. The van der Waals surface area contributed by atoms with Gasteiger partial charge in [-0.15, -0.1) is 0 Å². The number of amides is 3. The van der Waals surface area contributed by atoms with Gasteiger partial charge in [0.1, 0.15) is 0 Å². The summed E-state index contributed by atoms with van der Waals surface area (Å²) in [5, 5.41) is 15.1. The molecule has 2 heterocycles. The van der Waals surface area contributed by atoms with Crippen molar-refractivity contribution in [3.8, 4) is 0 Å². The van der Waals surface area contributed by atoms with Gasteiger partial charge in [0.2, 0.25) is 5.91 Å². The number of urea groups is 1. The summed E-state index contributed by atoms with van der Waals surface area (Å²) >= 11 is 5.97. The number of nitrogens with zero attached hydrogens (tertiary/aromatic N) is 2. The number of aliphatic hydroxyl groups is 1. The van der Waals surface area contributed by atoms with E-state index in [0.29, 0.717) is 41.5 Å². The second-order valence-electron chi connectivity index (χ2n) is 7.01. The van der Waals surface area contributed by atoms with Crippen LogP contribution in [-0.4, -0.2) is 78.8 Å². The van der Waals surface area contributed by atoms with Crippen LogP contribution in [0.1, 0.15) is 18.5 Å². The fourth-order valence-corrected chi connectivity index (χ4v) is 3.70. The third-order valence-electron chi connectivity index (χ3n) is 5.00. The lowest BCUT2D eigenvalue weighted by Crippen LogP contribution is -2.54. The standard InChI is InChI=1S/C20H25ClN4O5/c1-2-30-19(28)17-15(11-24-7-8-25(9-10-26)16(27)12-24)22-20(29)23-18(17)13-3-5-14(21)6-4-13/h3-6,18,26H,2,7-12H2,1H3,(H2,22,23,29). The van der Waals surface area contributed by atoms with Crippen LogP contribution in [-0.2, 0) is 14.3 Å². The van der Waals surface area contributed by atoms with Crippen molar-refractivity contribution < 1.29 is 24.2 Å². The predicted molar refractivity (Wildman–Crippen MR) is 110 cm³/mol. The molecule has 3 N–H and O–H groups in total. The quantitative estimate of drug-likeness (QED) is 0.541. The molecule has 1 aromatic carbocycles. The maximum absolute atomic E-state index is 12.8. The maximum atomic E-state index is 12.8. The predicted octanol–water partition coefficient (Wildman–Crippen LogP) is 0.648. The first-order valence-corrected chi connectivity index (χ1v) is 10.1. The fraction of sp³-hybridized carbons (Fsp3) is 0.450. The normalized spacial score (nSPS) is 20.1. The zero-order valence-electron chi connectivity index (χ0n) is 16.7. The maximum Gasteiger partial charge on any atom is 0.338 e. The first-order chi connectivity index (χ1) is 14.4. The highest BCUT2D eigenvalue weighted by atomic mass is 35.5. The number of piperazine rings is 1. The van der Waals surface area contributed by atoms with Crippen LogP contribution >= 0.6 is 11.6 Å². The first kappa shape index (κ1) is 22.1. The number of rotatable bonds is 7. The molecule has 0 bridgehead atoms. The van der Waals surface area contributed by atoms with Crippen molar-refractivity contribution in [2.24, 2.45) is 0 Å². The van der Waals surface area contributed by atoms with E-state index in [1.165, 1.54) is 0 Å². The van der Waals surface area contributed by atoms with E-state index in [4.69, 9.17) is 21.4 Å². The Morgan fingerprint density at radius 2 is 2.00 bits per heavy atom. The molecule has 0 aromatic heterocycles. The van der Waals surface area contributed by atoms with Gasteiger partial charge in [-0.05, 0) is 24.6 Å². The highest BCUT2D eigenvalue weighted by Crippen LogP contribution is 2.29. The Morgan fingerprint density at radius 3 is 2.63 bits per heavy atom. The van der Waals surface area contributed by atoms with Gasteiger partial charge in [-0.2, -0.15) is 0 Å². The molecular weight excluding hydrogens is 412 g/mol. The molecule has 0 aliphatic carbocycles. The van der Waals surface area contributed by atoms with Crippen LogP contribution < -0.4 is 10.6 Å². The van der Waals surface area contributed by atoms with Gasteiger partial charge >= 0.3 is 12.0 Å². The average molecular weight is 437 g/mol. The number of benzene rings is 1. The monoisotopic (exact) mass is 436 g/mol. The van der Waals surface area contributed by atoms with Crippen molar-refractivity contribution >= 4 is 29.5 Å². The van der Waals surface area contributed by atoms with E-state index in [1.807, 2.05) is 4.90 Å². The van der Waals surface area contributed by atoms with E-state index in [1.54, 1.807) is 36.1 Å². The number of halogens is 1. The van der Waals surface area contributed by atoms with E-state index < -0.39 is 18.0 Å². The van der Waals surface area contributed by atoms with E-state index in [-0.39, 0.29) is 32.2 Å². The Morgan fingerprint density at radius 1 is 1.27 bits per heavy atom. The van der Waals surface area contributed by atoms with Crippen molar-refractivity contribution in [1.29, 1.82) is 0 Å². The van der Waals surface area contributed by atoms with E-state index >= 15 is 0 Å². The molecule has 3 rings (SSSR count). The van der Waals surface area contributed by atoms with E-state index in [9.17, 15) is 14.4 Å². The molecule has 2 aliphatic rings. The number of ether oxygens (including phenoxy) is 1. The number of carbonyl (C=O) groups is 3. The van der Waals surface area contributed by atoms with Crippen molar-refractivity contribution in [3.63, 3.8) is 0 Å². The zero-order chi connectivity index (χ0) is 21.7. The third-order valence-corrected chi connectivity index (χ3v) is 5.25. The zero-order valence-corrected chi connectivity index (χ0v) is 17.4. The second kappa shape index (κ2) is 9.92. The van der Waals surface area contributed by atoms with Crippen LogP contribution in [0.2, 0.25) is 5.02 Å². The summed E-state index contributed by atoms with van der Waals surface area (Å²) in [5.41, 5.74) is 1.39. The molecule has 0 saturated carbocycles. The van der Waals surface area contributed by atoms with Crippen LogP contribution in [0.5, 0.6) is 0 Å². The molecule has 2 aliphatic heterocycles. The number of hydrogen-bond donors (Lipinski definition) is 3. The molecule has 1 saturated heterocycles. The molecule has 0 radical (unpaired) electrons. The molecule has 1 atom stereocenters. The number of hydrogen-bond acceptors (Lipinski definition) is 6. The van der Waals surface area contributed by atoms with Gasteiger partial charge in [0.25, 0.3) is 0 Å². The minimum Gasteiger partial charge on any atom is -0.463 e. The van der Waals surface area contributed by atoms with Gasteiger partial charge in [-0.25, -0.2) is 9.59 Å². The smallest absolute Gasteiger partial charge is 0.338 e. The third kappa shape index (κ3) is 5.10. The Labute approximate surface area is 179 Å². The number of β-amino-alcohol motifs (C(OH)–C–C–N with tert-alkyl or cyclic N) is 1. The van der Waals surface area contributed by atoms with Gasteiger partial charge in [-0.3, -0.25) is 9.69 Å². The number of carbonyl (C=O) groups excluding carboxylic acids is 3. The molecule has 1 aromatic rings. The summed E-state index contributed by atoms with van der Waals surface area (Å²) in [6.45, 7) is 3.48. The lowest BCUT2D eigenvalue weighted by Gasteiger charge is -2.36. The summed E-state index contributed by atoms with van der Waals surface area (Å²) in [7, 11) is 0. The first-order valence-electron chi connectivity index (χ1n) is 9.77. The summed E-state index contributed by atoms with van der Waals surface area (Å²) in [6, 6.07) is 5.72. The molecule has 30 heavy (non-hydrogen) atoms. The minimum absolute atomic E-state index is 0.0889. The van der Waals surface area contributed by atoms with Crippen LogP contribution in [0, 0.1) is 0 Å². The van der Waals surface area contributed by atoms with Crippen LogP contribution in [0.4, 0.5) is 4.79 Å². The van der Waals surface area contributed by atoms with Gasteiger partial charge in [0, 0.05) is 36.9 Å². The lowest BCUT2D eigenvalue weighted by molar-refractivity contribution is -0.139. The average Bonchev–Trinajstić information content (AvgIpc) is 2.70. The van der Waals surface area contributed by atoms with Crippen molar-refractivity contribution in [1.82, 2.24) is 20.4 Å². The molecule has 3 amide bonds. The number of aliphatic hydroxyl groups excluding tert-OH is 1. The number of esters is 1. The topological polar surface area (TPSA) is 111 Å². The summed E-state index contributed by atoms with van der Waals surface area (Å²) in [4.78, 5) is 40.9. The van der Waals surface area contributed by atoms with Gasteiger partial charge in [0.05, 0.1) is 31.4 Å². The van der Waals surface area contributed by atoms with E-state index in [0.717, 1.165) is 0 Å². The Bertz CT molecular complexity index is 842. The van der Waals surface area contributed by atoms with Crippen molar-refractivity contribution in [2.75, 3.05) is 45.9 Å². The Kier molecular flexibility index (Phi) is 7.30. The summed E-state index contributed by atoms with van der Waals surface area (Å²) < 4.78 is 5.25. The molecule has 1 unspecified atom stereocenters. The molecule has 162 valence electrons. The van der Waals surface area contributed by atoms with Gasteiger partial charge in [0.15, 0.2) is 0 Å². The SMILES string of the molecule is CCOC(=O)C1=C(CN2CCN(CCO)C(=O)C2)NC(=O)NC1c1ccc(Cl)cc1. The Balaban J connectivity index is 1.89. The minimum atomic E-state index is -0.698. The van der Waals surface area contributed by atoms with Crippen molar-refractivity contribution in [2.45, 2.75) is 13.0 Å². The number of nitrogens with one attached hydrogen (secondary N) is 2. The molecule has 10 heteroatoms. The van der Waals surface area contributed by atoms with Gasteiger partial charge in [-0.1, -0.05) is 23.7 Å². The van der Waals surface area contributed by atoms with E-state index in [2.05, 4.69) is 10.6 Å². The molecule has 0 spiro atoms. The highest BCUT2D eigenvalue weighted by Gasteiger charge is 2.35. The largest absolute Gasteiger partial charge is 0.463 e. The summed E-state index contributed by atoms with van der Waals surface area (Å²) in [5.74, 6) is -0.645. The van der Waals surface area contributed by atoms with Gasteiger partial charge < -0.3 is 25.4 Å². The lowest BCUT2D eigenvalue weighted by atomic mass is 9.95. The van der Waals surface area contributed by atoms with Crippen LogP contribution in [0.15, 0.2) is 35.5 Å². The Hall–Kier alpha value is -2.62. The van der Waals surface area contributed by atoms with Crippen LogP contribution in [0.3, 0.4) is 0 Å².